The van der Waals surface area contributed by atoms with Crippen LogP contribution in [-0.4, -0.2) is 9.78 Å². The lowest BCUT2D eigenvalue weighted by Gasteiger charge is -2.15. The smallest absolute Gasteiger partial charge is 0.129 e. The van der Waals surface area contributed by atoms with Gasteiger partial charge in [0.25, 0.3) is 0 Å². The van der Waals surface area contributed by atoms with Crippen molar-refractivity contribution in [1.82, 2.24) is 9.78 Å². The zero-order chi connectivity index (χ0) is 15.4. The van der Waals surface area contributed by atoms with Crippen LogP contribution in [0.5, 0.6) is 0 Å². The quantitative estimate of drug-likeness (QED) is 0.838. The number of nitrogen functional groups attached to an aromatic ring is 1. The van der Waals surface area contributed by atoms with Crippen molar-refractivity contribution < 1.29 is 0 Å². The van der Waals surface area contributed by atoms with E-state index in [9.17, 15) is 0 Å². The van der Waals surface area contributed by atoms with Crippen molar-refractivity contribution in [2.75, 3.05) is 5.73 Å². The number of hydrogen-bond acceptors (Lipinski definition) is 2. The van der Waals surface area contributed by atoms with Crippen LogP contribution in [0.15, 0.2) is 24.3 Å². The number of rotatable bonds is 6. The topological polar surface area (TPSA) is 43.8 Å². The Morgan fingerprint density at radius 3 is 2.19 bits per heavy atom. The molecule has 0 saturated carbocycles. The summed E-state index contributed by atoms with van der Waals surface area (Å²) in [5.74, 6) is 1.27. The van der Waals surface area contributed by atoms with Crippen molar-refractivity contribution in [2.45, 2.75) is 52.4 Å². The summed E-state index contributed by atoms with van der Waals surface area (Å²) in [6.07, 6.45) is 4.69. The number of nitrogens with zero attached hydrogens (tertiary/aromatic N) is 2. The first-order chi connectivity index (χ1) is 10.1. The van der Waals surface area contributed by atoms with Crippen LogP contribution in [0.2, 0.25) is 0 Å². The Kier molecular flexibility index (Phi) is 5.05. The van der Waals surface area contributed by atoms with Gasteiger partial charge >= 0.3 is 0 Å². The molecule has 2 rings (SSSR count). The molecule has 0 unspecified atom stereocenters. The van der Waals surface area contributed by atoms with Crippen molar-refractivity contribution in [3.05, 3.63) is 35.5 Å². The Labute approximate surface area is 128 Å². The highest BCUT2D eigenvalue weighted by molar-refractivity contribution is 5.77. The minimum absolute atomic E-state index is 0.500. The van der Waals surface area contributed by atoms with Gasteiger partial charge in [0, 0.05) is 18.5 Å². The molecule has 3 heteroatoms. The molecule has 0 atom stereocenters. The fraction of sp³-hybridized carbons (Fsp3) is 0.500. The molecule has 0 aliphatic heterocycles. The maximum absolute atomic E-state index is 6.30. The van der Waals surface area contributed by atoms with Crippen LogP contribution < -0.4 is 5.73 Å². The Bertz CT molecular complexity index is 575. The highest BCUT2D eigenvalue weighted by Gasteiger charge is 2.22. The van der Waals surface area contributed by atoms with E-state index < -0.39 is 0 Å². The minimum atomic E-state index is 0.500. The molecule has 114 valence electrons. The Hall–Kier alpha value is -1.77. The highest BCUT2D eigenvalue weighted by atomic mass is 15.3. The summed E-state index contributed by atoms with van der Waals surface area (Å²) < 4.78 is 1.82. The molecule has 0 saturated heterocycles. The van der Waals surface area contributed by atoms with Crippen molar-refractivity contribution in [3.63, 3.8) is 0 Å². The van der Waals surface area contributed by atoms with Crippen LogP contribution >= 0.6 is 0 Å². The maximum Gasteiger partial charge on any atom is 0.129 e. The van der Waals surface area contributed by atoms with E-state index in [2.05, 4.69) is 45.0 Å². The molecule has 21 heavy (non-hydrogen) atoms. The van der Waals surface area contributed by atoms with E-state index in [-0.39, 0.29) is 0 Å². The number of anilines is 1. The van der Waals surface area contributed by atoms with E-state index in [1.165, 1.54) is 42.5 Å². The van der Waals surface area contributed by atoms with E-state index in [4.69, 9.17) is 10.8 Å². The molecule has 1 heterocycles. The molecule has 0 radical (unpaired) electrons. The third kappa shape index (κ3) is 3.29. The highest BCUT2D eigenvalue weighted by Crippen LogP contribution is 2.37. The molecular weight excluding hydrogens is 258 g/mol. The summed E-state index contributed by atoms with van der Waals surface area (Å²) in [4.78, 5) is 0. The van der Waals surface area contributed by atoms with Crippen molar-refractivity contribution >= 4 is 5.82 Å². The van der Waals surface area contributed by atoms with Crippen LogP contribution in [0.3, 0.4) is 0 Å². The molecule has 1 aromatic heterocycles. The predicted octanol–water partition coefficient (Wildman–Crippen LogP) is 4.66. The predicted molar refractivity (Wildman–Crippen MR) is 90.4 cm³/mol. The number of aryl methyl sites for hydroxylation is 2. The molecule has 0 aliphatic carbocycles. The standard InChI is InChI=1S/C18H27N3/c1-5-7-15(8-6-2)17-16(18(19)21(4)20-17)14-11-9-13(3)10-12-14/h9-12,15H,5-8,19H2,1-4H3. The zero-order valence-corrected chi connectivity index (χ0v) is 13.7. The summed E-state index contributed by atoms with van der Waals surface area (Å²) >= 11 is 0. The Morgan fingerprint density at radius 1 is 1.10 bits per heavy atom. The van der Waals surface area contributed by atoms with Gasteiger partial charge in [-0.1, -0.05) is 56.5 Å². The summed E-state index contributed by atoms with van der Waals surface area (Å²) in [6.45, 7) is 6.58. The van der Waals surface area contributed by atoms with Gasteiger partial charge in [-0.25, -0.2) is 0 Å². The van der Waals surface area contributed by atoms with Gasteiger partial charge in [0.15, 0.2) is 0 Å². The van der Waals surface area contributed by atoms with Crippen molar-refractivity contribution in [3.8, 4) is 11.1 Å². The van der Waals surface area contributed by atoms with E-state index in [0.29, 0.717) is 5.92 Å². The Balaban J connectivity index is 2.51. The fourth-order valence-electron chi connectivity index (χ4n) is 2.97. The number of nitrogens with two attached hydrogens (primary N) is 1. The summed E-state index contributed by atoms with van der Waals surface area (Å²) in [6, 6.07) is 8.59. The number of benzene rings is 1. The first-order valence-corrected chi connectivity index (χ1v) is 7.97. The molecule has 0 amide bonds. The van der Waals surface area contributed by atoms with E-state index in [0.717, 1.165) is 11.4 Å². The van der Waals surface area contributed by atoms with Crippen LogP contribution in [0.25, 0.3) is 11.1 Å². The van der Waals surface area contributed by atoms with E-state index >= 15 is 0 Å². The van der Waals surface area contributed by atoms with E-state index in [1.54, 1.807) is 0 Å². The van der Waals surface area contributed by atoms with Gasteiger partial charge in [-0.05, 0) is 25.3 Å². The van der Waals surface area contributed by atoms with Gasteiger partial charge in [0.05, 0.1) is 5.69 Å². The van der Waals surface area contributed by atoms with Gasteiger partial charge < -0.3 is 5.73 Å². The molecule has 3 nitrogen and oxygen atoms in total. The molecule has 2 aromatic rings. The van der Waals surface area contributed by atoms with Crippen LogP contribution in [0, 0.1) is 6.92 Å². The third-order valence-electron chi connectivity index (χ3n) is 4.12. The molecular formula is C18H27N3. The van der Waals surface area contributed by atoms with Crippen LogP contribution in [0.4, 0.5) is 5.82 Å². The lowest BCUT2D eigenvalue weighted by atomic mass is 9.90. The van der Waals surface area contributed by atoms with Gasteiger partial charge in [-0.3, -0.25) is 4.68 Å². The second-order valence-electron chi connectivity index (χ2n) is 5.91. The summed E-state index contributed by atoms with van der Waals surface area (Å²) in [5.41, 5.74) is 11.0. The average molecular weight is 285 g/mol. The van der Waals surface area contributed by atoms with Gasteiger partial charge in [0.1, 0.15) is 5.82 Å². The first kappa shape index (κ1) is 15.6. The van der Waals surface area contributed by atoms with Gasteiger partial charge in [0.2, 0.25) is 0 Å². The molecule has 0 aliphatic rings. The lowest BCUT2D eigenvalue weighted by Crippen LogP contribution is -2.02. The SMILES string of the molecule is CCCC(CCC)c1nn(C)c(N)c1-c1ccc(C)cc1. The van der Waals surface area contributed by atoms with E-state index in [1.807, 2.05) is 11.7 Å². The summed E-state index contributed by atoms with van der Waals surface area (Å²) in [5, 5.41) is 4.74. The average Bonchev–Trinajstić information content (AvgIpc) is 2.76. The summed E-state index contributed by atoms with van der Waals surface area (Å²) in [7, 11) is 1.94. The molecule has 0 spiro atoms. The molecule has 2 N–H and O–H groups in total. The van der Waals surface area contributed by atoms with Gasteiger partial charge in [-0.2, -0.15) is 5.10 Å². The fourth-order valence-corrected chi connectivity index (χ4v) is 2.97. The maximum atomic E-state index is 6.30. The monoisotopic (exact) mass is 285 g/mol. The molecule has 0 fully saturated rings. The zero-order valence-electron chi connectivity index (χ0n) is 13.7. The van der Waals surface area contributed by atoms with Crippen molar-refractivity contribution in [1.29, 1.82) is 0 Å². The van der Waals surface area contributed by atoms with Crippen molar-refractivity contribution in [2.24, 2.45) is 7.05 Å². The minimum Gasteiger partial charge on any atom is -0.383 e. The largest absolute Gasteiger partial charge is 0.383 e. The molecule has 0 bridgehead atoms. The number of aromatic nitrogens is 2. The van der Waals surface area contributed by atoms with Gasteiger partial charge in [-0.15, -0.1) is 0 Å². The normalized spacial score (nSPS) is 11.3. The second-order valence-corrected chi connectivity index (χ2v) is 5.91. The first-order valence-electron chi connectivity index (χ1n) is 7.97. The third-order valence-corrected chi connectivity index (χ3v) is 4.12. The number of hydrogen-bond donors (Lipinski definition) is 1. The van der Waals surface area contributed by atoms with Crippen LogP contribution in [-0.2, 0) is 7.05 Å². The Morgan fingerprint density at radius 2 is 1.67 bits per heavy atom. The second kappa shape index (κ2) is 6.79. The van der Waals surface area contributed by atoms with Crippen LogP contribution in [0.1, 0.15) is 56.7 Å². The lowest BCUT2D eigenvalue weighted by molar-refractivity contribution is 0.540. The molecule has 1 aromatic carbocycles.